The molecular weight excluding hydrogens is 988 g/mol. The Morgan fingerprint density at radius 1 is 0.319 bits per heavy atom. The number of ether oxygens (including phenoxy) is 13. The van der Waals surface area contributed by atoms with Gasteiger partial charge in [0.15, 0.2) is 37.7 Å². The molecular formula is C41H70O31. The molecule has 22 rings (SSSR count). The summed E-state index contributed by atoms with van der Waals surface area (Å²) in [5.74, 6) is 0. The Labute approximate surface area is 409 Å². The fourth-order valence-electron chi connectivity index (χ4n) is 9.65. The molecule has 0 aromatic heterocycles. The van der Waals surface area contributed by atoms with Crippen LogP contribution in [0, 0.1) is 0 Å². The molecule has 12 bridgehead atoms. The molecule has 0 aliphatic carbocycles. The van der Waals surface area contributed by atoms with E-state index < -0.39 is 230 Å². The summed E-state index contributed by atoms with van der Waals surface area (Å²) in [6, 6.07) is 0. The zero-order valence-electron chi connectivity index (χ0n) is 38.6. The number of hydrogen-bond donors (Lipinski definition) is 18. The summed E-state index contributed by atoms with van der Waals surface area (Å²) in [7, 11) is 0. The highest BCUT2D eigenvalue weighted by molar-refractivity contribution is 5.01. The first kappa shape index (κ1) is 58.4. The summed E-state index contributed by atoms with van der Waals surface area (Å²) in [6.07, 6.45) is -58.2. The van der Waals surface area contributed by atoms with Crippen molar-refractivity contribution >= 4 is 0 Å². The van der Waals surface area contributed by atoms with E-state index in [4.69, 9.17) is 61.6 Å². The second kappa shape index (κ2) is 25.5. The Bertz CT molecular complexity index is 1630. The molecule has 22 aliphatic heterocycles. The van der Waals surface area contributed by atoms with Crippen molar-refractivity contribution in [3.63, 3.8) is 0 Å². The summed E-state index contributed by atoms with van der Waals surface area (Å²) in [5, 5.41) is 198. The van der Waals surface area contributed by atoms with Crippen LogP contribution in [-0.2, 0) is 61.6 Å². The Hall–Kier alpha value is -1.24. The van der Waals surface area contributed by atoms with Gasteiger partial charge in [0, 0.05) is 6.61 Å². The molecule has 0 radical (unpaired) electrons. The molecule has 31 nitrogen and oxygen atoms in total. The molecule has 22 heterocycles. The van der Waals surface area contributed by atoms with E-state index in [9.17, 15) is 91.9 Å². The van der Waals surface area contributed by atoms with Gasteiger partial charge < -0.3 is 153 Å². The Morgan fingerprint density at radius 2 is 0.542 bits per heavy atom. The predicted molar refractivity (Wildman–Crippen MR) is 220 cm³/mol. The van der Waals surface area contributed by atoms with Crippen LogP contribution in [0.2, 0.25) is 0 Å². The lowest BCUT2D eigenvalue weighted by Gasteiger charge is -2.51. The summed E-state index contributed by atoms with van der Waals surface area (Å²) >= 11 is 0. The maximum Gasteiger partial charge on any atom is 0.187 e. The van der Waals surface area contributed by atoms with Crippen molar-refractivity contribution in [1.29, 1.82) is 0 Å². The third-order valence-corrected chi connectivity index (χ3v) is 13.9. The van der Waals surface area contributed by atoms with E-state index in [2.05, 4.69) is 0 Å². The standard InChI is InChI=1S/C41H70O31/c1-2-11(48)3-4-60-35-28(59)41-66-17(10-47)34(35)72-40-27(58)22(53)32(15(8-45)65-40)70-38-25(56)20(51)30(13(6-43)63-38)68-36-23(54)18(49)29(12(5-42)61-36)67-37-24(55)19(50)31(14(7-44)62-37)69-39-26(57)21(52)33(71-41)16(9-46)64-39/h11-59H,2-10H2,1H3/t11?,12-,13-,14-,15-,16-,17-,18-,19-,20-,21-,22-,23-,24-,25-,26-,27-,28-,29-,30-,31-,32-,33-,34+,35-,36-,37-,38-,39-,40-,41-/m1/s1. The highest BCUT2D eigenvalue weighted by Gasteiger charge is 2.59. The van der Waals surface area contributed by atoms with Crippen LogP contribution in [0.1, 0.15) is 19.8 Å². The molecule has 0 aromatic rings. The van der Waals surface area contributed by atoms with Gasteiger partial charge in [0.2, 0.25) is 0 Å². The van der Waals surface area contributed by atoms with Crippen molar-refractivity contribution in [3.8, 4) is 0 Å². The fraction of sp³-hybridized carbons (Fsp3) is 1.00. The lowest BCUT2D eigenvalue weighted by molar-refractivity contribution is -0.405. The molecule has 31 heteroatoms. The lowest BCUT2D eigenvalue weighted by Crippen LogP contribution is -2.69. The second-order valence-corrected chi connectivity index (χ2v) is 18.5. The molecule has 420 valence electrons. The minimum Gasteiger partial charge on any atom is -0.394 e. The first-order valence-electron chi connectivity index (χ1n) is 23.7. The van der Waals surface area contributed by atoms with E-state index in [1.54, 1.807) is 6.92 Å². The van der Waals surface area contributed by atoms with Crippen LogP contribution in [0.15, 0.2) is 0 Å². The van der Waals surface area contributed by atoms with Crippen LogP contribution in [0.5, 0.6) is 0 Å². The molecule has 22 aliphatic rings. The smallest absolute Gasteiger partial charge is 0.187 e. The first-order valence-corrected chi connectivity index (χ1v) is 23.7. The van der Waals surface area contributed by atoms with Gasteiger partial charge >= 0.3 is 0 Å². The highest BCUT2D eigenvalue weighted by Crippen LogP contribution is 2.38. The summed E-state index contributed by atoms with van der Waals surface area (Å²) < 4.78 is 75.3. The quantitative estimate of drug-likeness (QED) is 0.0913. The van der Waals surface area contributed by atoms with Gasteiger partial charge in [-0.2, -0.15) is 0 Å². The largest absolute Gasteiger partial charge is 0.394 e. The minimum absolute atomic E-state index is 0.00859. The average Bonchev–Trinajstić information content (AvgIpc) is 3.37. The van der Waals surface area contributed by atoms with Gasteiger partial charge in [0.25, 0.3) is 0 Å². The molecule has 22 saturated heterocycles. The lowest BCUT2D eigenvalue weighted by atomic mass is 9.94. The maximum atomic E-state index is 11.8. The molecule has 0 saturated carbocycles. The van der Waals surface area contributed by atoms with Crippen molar-refractivity contribution in [1.82, 2.24) is 0 Å². The Morgan fingerprint density at radius 3 is 0.778 bits per heavy atom. The predicted octanol–water partition coefficient (Wildman–Crippen LogP) is -11.9. The number of hydrogen-bond acceptors (Lipinski definition) is 31. The normalized spacial score (nSPS) is 52.2. The van der Waals surface area contributed by atoms with Crippen LogP contribution in [0.4, 0.5) is 0 Å². The SMILES string of the molecule is CCC(O)CCO[C@@H]1[C@@H](O)[C@H]2O[C@H]3[C@H](O)[C@@H](O)[C@@H](O[C@H]4[C@H](O)[C@@H](O)[C@@H](O[C@H]5[C@H](O)[C@@H](O)[C@@H](O[C@H]6[C@H](O)[C@@H](O)[C@@H](O[C@H]7[C@H](O)[C@@H](O)[C@@H](O[C@H]1[C@@H](CO)O2)O[C@@H]7CO)O[C@@H]6CO)O[C@@H]5CO)O[C@@H]4CO)O[C@@H]3CO. The summed E-state index contributed by atoms with van der Waals surface area (Å²) in [4.78, 5) is 0. The van der Waals surface area contributed by atoms with Crippen LogP contribution in [0.25, 0.3) is 0 Å². The Kier molecular flexibility index (Phi) is 20.7. The van der Waals surface area contributed by atoms with E-state index in [1.807, 2.05) is 0 Å². The van der Waals surface area contributed by atoms with Gasteiger partial charge in [-0.1, -0.05) is 6.92 Å². The van der Waals surface area contributed by atoms with Crippen LogP contribution < -0.4 is 0 Å². The van der Waals surface area contributed by atoms with Crippen molar-refractivity contribution in [2.45, 2.75) is 210 Å². The topological polar surface area (TPSA) is 484 Å². The monoisotopic (exact) mass is 1060 g/mol. The van der Waals surface area contributed by atoms with Crippen LogP contribution >= 0.6 is 0 Å². The molecule has 31 atom stereocenters. The molecule has 22 fully saturated rings. The molecule has 0 amide bonds. The van der Waals surface area contributed by atoms with Crippen LogP contribution in [0.3, 0.4) is 0 Å². The number of aliphatic hydroxyl groups excluding tert-OH is 18. The van der Waals surface area contributed by atoms with Gasteiger partial charge in [-0.3, -0.25) is 0 Å². The number of rotatable bonds is 11. The first-order chi connectivity index (χ1) is 34.4. The van der Waals surface area contributed by atoms with Gasteiger partial charge in [-0.15, -0.1) is 0 Å². The van der Waals surface area contributed by atoms with Crippen molar-refractivity contribution in [2.75, 3.05) is 46.2 Å². The van der Waals surface area contributed by atoms with Crippen LogP contribution in [-0.4, -0.2) is 329 Å². The number of aliphatic hydroxyl groups is 18. The molecule has 72 heavy (non-hydrogen) atoms. The van der Waals surface area contributed by atoms with Gasteiger partial charge in [0.05, 0.1) is 45.7 Å². The third-order valence-electron chi connectivity index (χ3n) is 13.9. The third kappa shape index (κ3) is 11.9. The minimum atomic E-state index is -2.15. The van der Waals surface area contributed by atoms with E-state index in [0.29, 0.717) is 6.42 Å². The average molecular weight is 1060 g/mol. The van der Waals surface area contributed by atoms with Crippen molar-refractivity contribution in [2.24, 2.45) is 0 Å². The zero-order valence-corrected chi connectivity index (χ0v) is 38.6. The summed E-state index contributed by atoms with van der Waals surface area (Å²) in [5.41, 5.74) is 0. The fourth-order valence-corrected chi connectivity index (χ4v) is 9.65. The van der Waals surface area contributed by atoms with E-state index in [0.717, 1.165) is 0 Å². The Balaban J connectivity index is 1.22. The van der Waals surface area contributed by atoms with E-state index in [-0.39, 0.29) is 13.0 Å². The summed E-state index contributed by atoms with van der Waals surface area (Å²) in [6.45, 7) is -4.55. The molecule has 0 spiro atoms. The zero-order chi connectivity index (χ0) is 52.5. The highest BCUT2D eigenvalue weighted by atomic mass is 16.8. The van der Waals surface area contributed by atoms with E-state index in [1.165, 1.54) is 0 Å². The van der Waals surface area contributed by atoms with Gasteiger partial charge in [-0.05, 0) is 12.8 Å². The maximum absolute atomic E-state index is 11.8. The molecule has 18 N–H and O–H groups in total. The van der Waals surface area contributed by atoms with E-state index >= 15 is 0 Å². The van der Waals surface area contributed by atoms with Crippen molar-refractivity contribution in [3.05, 3.63) is 0 Å². The van der Waals surface area contributed by atoms with Crippen molar-refractivity contribution < 1.29 is 153 Å². The van der Waals surface area contributed by atoms with Gasteiger partial charge in [0.1, 0.15) is 146 Å². The van der Waals surface area contributed by atoms with Gasteiger partial charge in [-0.25, -0.2) is 0 Å². The molecule has 0 aromatic carbocycles. The second-order valence-electron chi connectivity index (χ2n) is 18.5. The molecule has 1 unspecified atom stereocenters.